The third-order valence-corrected chi connectivity index (χ3v) is 2.09. The molecule has 0 radical (unpaired) electrons. The summed E-state index contributed by atoms with van der Waals surface area (Å²) < 4.78 is 15.2. The molecule has 1 fully saturated rings. The van der Waals surface area contributed by atoms with Crippen LogP contribution in [0.4, 0.5) is 0 Å². The summed E-state index contributed by atoms with van der Waals surface area (Å²) in [7, 11) is 2.85. The van der Waals surface area contributed by atoms with Crippen molar-refractivity contribution >= 4 is 5.97 Å². The van der Waals surface area contributed by atoms with Crippen LogP contribution in [0.1, 0.15) is 12.8 Å². The van der Waals surface area contributed by atoms with E-state index in [1.54, 1.807) is 5.59 Å². The van der Waals surface area contributed by atoms with Gasteiger partial charge in [-0.05, 0) is 0 Å². The molecule has 0 spiro atoms. The highest BCUT2D eigenvalue weighted by Crippen LogP contribution is 2.32. The molecule has 1 aliphatic heterocycles. The molecule has 3 N–H and O–H groups in total. The number of rotatable bonds is 4. The quantitative estimate of drug-likeness (QED) is 0.451. The number of hydrazine groups is 1. The summed E-state index contributed by atoms with van der Waals surface area (Å²) in [6.45, 7) is 0. The van der Waals surface area contributed by atoms with E-state index in [0.29, 0.717) is 12.8 Å². The fourth-order valence-electron chi connectivity index (χ4n) is 1.32. The maximum absolute atomic E-state index is 11.4. The SMILES string of the molecule is COC1CCC(OC)(C(=O)ONN)O1. The van der Waals surface area contributed by atoms with E-state index in [2.05, 4.69) is 4.84 Å². The Labute approximate surface area is 81.4 Å². The lowest BCUT2D eigenvalue weighted by Gasteiger charge is -2.23. The number of hydrogen-bond donors (Lipinski definition) is 2. The van der Waals surface area contributed by atoms with E-state index < -0.39 is 18.0 Å². The monoisotopic (exact) mass is 206 g/mol. The zero-order chi connectivity index (χ0) is 10.6. The number of carbonyl (C=O) groups excluding carboxylic acids is 1. The van der Waals surface area contributed by atoms with Crippen molar-refractivity contribution in [1.82, 2.24) is 5.59 Å². The molecule has 0 saturated carbocycles. The number of carbonyl (C=O) groups is 1. The molecular formula is C7H14N2O5. The molecule has 1 saturated heterocycles. The van der Waals surface area contributed by atoms with Crippen LogP contribution in [0.5, 0.6) is 0 Å². The molecule has 1 heterocycles. The van der Waals surface area contributed by atoms with E-state index in [1.807, 2.05) is 0 Å². The van der Waals surface area contributed by atoms with E-state index >= 15 is 0 Å². The van der Waals surface area contributed by atoms with Crippen LogP contribution in [0.25, 0.3) is 0 Å². The maximum Gasteiger partial charge on any atom is 0.386 e. The van der Waals surface area contributed by atoms with Crippen molar-refractivity contribution in [2.24, 2.45) is 5.84 Å². The van der Waals surface area contributed by atoms with Crippen LogP contribution in [-0.4, -0.2) is 32.3 Å². The molecule has 1 aliphatic rings. The van der Waals surface area contributed by atoms with E-state index in [9.17, 15) is 4.79 Å². The standard InChI is InChI=1S/C7H14N2O5/c1-11-5-3-4-7(12-2,13-5)6(10)14-9-8/h5,9H,3-4,8H2,1-2H3. The first-order chi connectivity index (χ1) is 6.68. The van der Waals surface area contributed by atoms with Gasteiger partial charge in [-0.15, -0.1) is 0 Å². The Balaban J connectivity index is 2.64. The first-order valence-electron chi connectivity index (χ1n) is 4.11. The summed E-state index contributed by atoms with van der Waals surface area (Å²) >= 11 is 0. The van der Waals surface area contributed by atoms with Gasteiger partial charge in [0.1, 0.15) is 0 Å². The minimum atomic E-state index is -1.41. The summed E-state index contributed by atoms with van der Waals surface area (Å²) in [6, 6.07) is 0. The van der Waals surface area contributed by atoms with Gasteiger partial charge in [0, 0.05) is 27.1 Å². The van der Waals surface area contributed by atoms with Gasteiger partial charge in [-0.3, -0.25) is 0 Å². The summed E-state index contributed by atoms with van der Waals surface area (Å²) in [5.41, 5.74) is 1.79. The molecule has 7 heteroatoms. The molecule has 2 unspecified atom stereocenters. The number of hydrogen-bond acceptors (Lipinski definition) is 7. The van der Waals surface area contributed by atoms with Crippen molar-refractivity contribution in [3.05, 3.63) is 0 Å². The van der Waals surface area contributed by atoms with Gasteiger partial charge in [0.25, 0.3) is 5.79 Å². The maximum atomic E-state index is 11.4. The predicted molar refractivity (Wildman–Crippen MR) is 44.3 cm³/mol. The molecule has 0 aromatic carbocycles. The largest absolute Gasteiger partial charge is 0.386 e. The molecule has 2 atom stereocenters. The Kier molecular flexibility index (Phi) is 3.78. The summed E-state index contributed by atoms with van der Waals surface area (Å²) in [5.74, 6) is 2.71. The van der Waals surface area contributed by atoms with Crippen LogP contribution in [0.15, 0.2) is 0 Å². The van der Waals surface area contributed by atoms with Gasteiger partial charge in [0.2, 0.25) is 0 Å². The van der Waals surface area contributed by atoms with Crippen molar-refractivity contribution in [3.8, 4) is 0 Å². The zero-order valence-electron chi connectivity index (χ0n) is 8.11. The van der Waals surface area contributed by atoms with Crippen molar-refractivity contribution in [1.29, 1.82) is 0 Å². The highest BCUT2D eigenvalue weighted by molar-refractivity contribution is 5.77. The molecule has 1 rings (SSSR count). The highest BCUT2D eigenvalue weighted by Gasteiger charge is 2.49. The zero-order valence-corrected chi connectivity index (χ0v) is 8.11. The summed E-state index contributed by atoms with van der Waals surface area (Å²) in [6.07, 6.45) is 0.465. The topological polar surface area (TPSA) is 92.0 Å². The minimum Gasteiger partial charge on any atom is -0.356 e. The highest BCUT2D eigenvalue weighted by atomic mass is 16.8. The van der Waals surface area contributed by atoms with Crippen molar-refractivity contribution in [2.45, 2.75) is 24.9 Å². The predicted octanol–water partition coefficient (Wildman–Crippen LogP) is -0.966. The Morgan fingerprint density at radius 2 is 2.36 bits per heavy atom. The second-order valence-electron chi connectivity index (χ2n) is 2.79. The second-order valence-corrected chi connectivity index (χ2v) is 2.79. The van der Waals surface area contributed by atoms with Crippen LogP contribution in [-0.2, 0) is 23.8 Å². The summed E-state index contributed by atoms with van der Waals surface area (Å²) in [4.78, 5) is 15.8. The van der Waals surface area contributed by atoms with Gasteiger partial charge in [-0.1, -0.05) is 5.59 Å². The lowest BCUT2D eigenvalue weighted by atomic mass is 10.2. The van der Waals surface area contributed by atoms with E-state index in [0.717, 1.165) is 0 Å². The van der Waals surface area contributed by atoms with Gasteiger partial charge in [0.05, 0.1) is 0 Å². The first-order valence-corrected chi connectivity index (χ1v) is 4.11. The van der Waals surface area contributed by atoms with E-state index in [-0.39, 0.29) is 0 Å². The lowest BCUT2D eigenvalue weighted by Crippen LogP contribution is -2.45. The normalized spacial score (nSPS) is 31.8. The molecule has 82 valence electrons. The molecule has 0 aliphatic carbocycles. The van der Waals surface area contributed by atoms with Crippen LogP contribution in [0.3, 0.4) is 0 Å². The molecule has 14 heavy (non-hydrogen) atoms. The second kappa shape index (κ2) is 4.67. The van der Waals surface area contributed by atoms with Crippen LogP contribution in [0.2, 0.25) is 0 Å². The fraction of sp³-hybridized carbons (Fsp3) is 0.857. The van der Waals surface area contributed by atoms with E-state index in [1.165, 1.54) is 14.2 Å². The van der Waals surface area contributed by atoms with Crippen LogP contribution >= 0.6 is 0 Å². The summed E-state index contributed by atoms with van der Waals surface area (Å²) in [5, 5.41) is 0. The Morgan fingerprint density at radius 3 is 2.79 bits per heavy atom. The smallest absolute Gasteiger partial charge is 0.356 e. The van der Waals surface area contributed by atoms with E-state index in [4.69, 9.17) is 20.1 Å². The Morgan fingerprint density at radius 1 is 1.64 bits per heavy atom. The number of nitrogens with two attached hydrogens (primary N) is 1. The number of methoxy groups -OCH3 is 2. The Bertz CT molecular complexity index is 212. The minimum absolute atomic E-state index is 0.364. The molecular weight excluding hydrogens is 192 g/mol. The average molecular weight is 206 g/mol. The Hall–Kier alpha value is -0.730. The number of ether oxygens (including phenoxy) is 3. The van der Waals surface area contributed by atoms with Crippen LogP contribution < -0.4 is 11.4 Å². The third kappa shape index (κ3) is 2.02. The lowest BCUT2D eigenvalue weighted by molar-refractivity contribution is -0.264. The van der Waals surface area contributed by atoms with Crippen molar-refractivity contribution in [3.63, 3.8) is 0 Å². The van der Waals surface area contributed by atoms with Gasteiger partial charge >= 0.3 is 5.97 Å². The molecule has 0 amide bonds. The molecule has 0 aromatic rings. The van der Waals surface area contributed by atoms with Gasteiger partial charge in [-0.2, -0.15) is 0 Å². The van der Waals surface area contributed by atoms with Crippen molar-refractivity contribution < 1.29 is 23.8 Å². The number of nitrogens with one attached hydrogen (secondary N) is 1. The molecule has 0 aromatic heterocycles. The van der Waals surface area contributed by atoms with Gasteiger partial charge in [-0.25, -0.2) is 10.6 Å². The van der Waals surface area contributed by atoms with Crippen LogP contribution in [0, 0.1) is 0 Å². The van der Waals surface area contributed by atoms with Gasteiger partial charge < -0.3 is 19.0 Å². The first kappa shape index (κ1) is 11.3. The molecule has 7 nitrogen and oxygen atoms in total. The van der Waals surface area contributed by atoms with Gasteiger partial charge in [0.15, 0.2) is 6.29 Å². The van der Waals surface area contributed by atoms with Crippen molar-refractivity contribution in [2.75, 3.05) is 14.2 Å². The third-order valence-electron chi connectivity index (χ3n) is 2.09. The fourth-order valence-corrected chi connectivity index (χ4v) is 1.32. The average Bonchev–Trinajstić information content (AvgIpc) is 2.63. The molecule has 0 bridgehead atoms.